The molecule has 0 radical (unpaired) electrons. The first-order chi connectivity index (χ1) is 24.7. The highest BCUT2D eigenvalue weighted by Gasteiger charge is 2.03. The van der Waals surface area contributed by atoms with Crippen molar-refractivity contribution in [1.82, 2.24) is 0 Å². The molecule has 0 saturated carbocycles. The van der Waals surface area contributed by atoms with Gasteiger partial charge in [-0.3, -0.25) is 4.79 Å². The summed E-state index contributed by atoms with van der Waals surface area (Å²) in [5, 5.41) is 0. The van der Waals surface area contributed by atoms with Crippen molar-refractivity contribution in [2.24, 2.45) is 5.92 Å². The molecule has 0 saturated heterocycles. The number of hydrogen-bond acceptors (Lipinski definition) is 2. The molecule has 0 spiro atoms. The Balaban J connectivity index is 3.13. The minimum atomic E-state index is 0.0179. The van der Waals surface area contributed by atoms with Crippen molar-refractivity contribution in [3.63, 3.8) is 0 Å². The zero-order valence-corrected chi connectivity index (χ0v) is 35.0. The van der Waals surface area contributed by atoms with Crippen LogP contribution in [0.4, 0.5) is 0 Å². The van der Waals surface area contributed by atoms with Crippen LogP contribution in [0.2, 0.25) is 0 Å². The van der Waals surface area contributed by atoms with Crippen LogP contribution in [0, 0.1) is 5.92 Å². The number of esters is 1. The molecular weight excluding hydrogens is 609 g/mol. The Bertz CT molecular complexity index is 653. The Morgan fingerprint density at radius 3 is 1.06 bits per heavy atom. The fraction of sp³-hybridized carbons (Fsp3) is 0.938. The van der Waals surface area contributed by atoms with E-state index in [4.69, 9.17) is 4.74 Å². The summed E-state index contributed by atoms with van der Waals surface area (Å²) in [4.78, 5) is 11.9. The van der Waals surface area contributed by atoms with Crippen LogP contribution in [0.15, 0.2) is 12.2 Å². The van der Waals surface area contributed by atoms with Gasteiger partial charge in [-0.05, 0) is 38.0 Å². The number of ether oxygens (including phenoxy) is 1. The second kappa shape index (κ2) is 44.4. The molecule has 2 heteroatoms. The normalized spacial score (nSPS) is 11.8. The molecule has 2 nitrogen and oxygen atoms in total. The van der Waals surface area contributed by atoms with Crippen molar-refractivity contribution in [2.75, 3.05) is 6.61 Å². The van der Waals surface area contributed by atoms with Gasteiger partial charge in [0.25, 0.3) is 0 Å². The van der Waals surface area contributed by atoms with Gasteiger partial charge < -0.3 is 4.74 Å². The van der Waals surface area contributed by atoms with Gasteiger partial charge >= 0.3 is 5.97 Å². The lowest BCUT2D eigenvalue weighted by Crippen LogP contribution is -2.05. The van der Waals surface area contributed by atoms with E-state index >= 15 is 0 Å². The Hall–Kier alpha value is -0.790. The molecule has 298 valence electrons. The van der Waals surface area contributed by atoms with Crippen LogP contribution in [0.5, 0.6) is 0 Å². The molecular formula is C48H94O2. The standard InChI is InChI=1S/C48H94O2/c1-4-5-6-7-8-9-29-33-36-39-42-45-48(49)50-46-43-40-37-34-31-28-26-24-22-20-18-16-14-12-10-11-13-15-17-19-21-23-25-27-30-32-35-38-41-44-47(2)3/h7-8,47H,4-6,9-46H2,1-3H3/b8-7-. The second-order valence-electron chi connectivity index (χ2n) is 16.6. The molecule has 0 aromatic heterocycles. The third-order valence-corrected chi connectivity index (χ3v) is 10.8. The molecule has 0 aliphatic rings. The summed E-state index contributed by atoms with van der Waals surface area (Å²) in [7, 11) is 0. The predicted molar refractivity (Wildman–Crippen MR) is 225 cm³/mol. The van der Waals surface area contributed by atoms with Gasteiger partial charge in [0, 0.05) is 6.42 Å². The van der Waals surface area contributed by atoms with E-state index in [2.05, 4.69) is 32.9 Å². The molecule has 0 aliphatic carbocycles. The third kappa shape index (κ3) is 45.2. The van der Waals surface area contributed by atoms with Crippen molar-refractivity contribution in [3.05, 3.63) is 12.2 Å². The maximum atomic E-state index is 11.9. The summed E-state index contributed by atoms with van der Waals surface area (Å²) in [6, 6.07) is 0. The smallest absolute Gasteiger partial charge is 0.305 e. The van der Waals surface area contributed by atoms with E-state index in [1.807, 2.05) is 0 Å². The molecule has 0 fully saturated rings. The Morgan fingerprint density at radius 1 is 0.400 bits per heavy atom. The van der Waals surface area contributed by atoms with E-state index < -0.39 is 0 Å². The molecule has 0 rings (SSSR count). The zero-order chi connectivity index (χ0) is 36.3. The lowest BCUT2D eigenvalue weighted by molar-refractivity contribution is -0.143. The second-order valence-corrected chi connectivity index (χ2v) is 16.6. The van der Waals surface area contributed by atoms with Gasteiger partial charge in [0.15, 0.2) is 0 Å². The summed E-state index contributed by atoms with van der Waals surface area (Å²) in [6.07, 6.45) is 59.1. The van der Waals surface area contributed by atoms with Crippen LogP contribution in [0.1, 0.15) is 278 Å². The van der Waals surface area contributed by atoms with E-state index in [0.717, 1.165) is 25.2 Å². The van der Waals surface area contributed by atoms with Gasteiger partial charge in [0.2, 0.25) is 0 Å². The molecule has 0 unspecified atom stereocenters. The number of hydrogen-bond donors (Lipinski definition) is 0. The fourth-order valence-electron chi connectivity index (χ4n) is 7.31. The number of carbonyl (C=O) groups is 1. The van der Waals surface area contributed by atoms with Gasteiger partial charge in [-0.15, -0.1) is 0 Å². The van der Waals surface area contributed by atoms with Gasteiger partial charge in [0.1, 0.15) is 0 Å². The van der Waals surface area contributed by atoms with Crippen molar-refractivity contribution in [1.29, 1.82) is 0 Å². The molecule has 50 heavy (non-hydrogen) atoms. The van der Waals surface area contributed by atoms with Gasteiger partial charge in [-0.1, -0.05) is 251 Å². The fourth-order valence-corrected chi connectivity index (χ4v) is 7.31. The van der Waals surface area contributed by atoms with E-state index in [0.29, 0.717) is 13.0 Å². The first kappa shape index (κ1) is 49.2. The molecule has 0 aromatic carbocycles. The van der Waals surface area contributed by atoms with Crippen LogP contribution in [0.25, 0.3) is 0 Å². The SMILES string of the molecule is CCCC/C=C\CCCCCCCC(=O)OCCCCCCCCCCCCCCCCCCCCCCCCCCCCCCCC(C)C. The quantitative estimate of drug-likeness (QED) is 0.0359. The van der Waals surface area contributed by atoms with Crippen molar-refractivity contribution >= 4 is 5.97 Å². The van der Waals surface area contributed by atoms with Crippen LogP contribution in [-0.2, 0) is 9.53 Å². The average molecular weight is 703 g/mol. The molecule has 0 amide bonds. The molecule has 0 bridgehead atoms. The molecule has 0 aliphatic heterocycles. The topological polar surface area (TPSA) is 26.3 Å². The monoisotopic (exact) mass is 703 g/mol. The summed E-state index contributed by atoms with van der Waals surface area (Å²) in [6.45, 7) is 7.57. The summed E-state index contributed by atoms with van der Waals surface area (Å²) in [5.41, 5.74) is 0. The van der Waals surface area contributed by atoms with Crippen LogP contribution in [-0.4, -0.2) is 12.6 Å². The summed E-state index contributed by atoms with van der Waals surface area (Å²) < 4.78 is 5.45. The first-order valence-electron chi connectivity index (χ1n) is 23.5. The number of rotatable bonds is 43. The van der Waals surface area contributed by atoms with Crippen LogP contribution < -0.4 is 0 Å². The Kier molecular flexibility index (Phi) is 43.7. The molecule has 0 atom stereocenters. The minimum Gasteiger partial charge on any atom is -0.466 e. The summed E-state index contributed by atoms with van der Waals surface area (Å²) >= 11 is 0. The van der Waals surface area contributed by atoms with Crippen molar-refractivity contribution in [2.45, 2.75) is 278 Å². The zero-order valence-electron chi connectivity index (χ0n) is 35.0. The van der Waals surface area contributed by atoms with E-state index in [1.54, 1.807) is 0 Å². The van der Waals surface area contributed by atoms with Crippen molar-refractivity contribution < 1.29 is 9.53 Å². The number of unbranched alkanes of at least 4 members (excludes halogenated alkanes) is 35. The van der Waals surface area contributed by atoms with E-state index in [1.165, 1.54) is 231 Å². The number of carbonyl (C=O) groups excluding carboxylic acids is 1. The van der Waals surface area contributed by atoms with Gasteiger partial charge in [0.05, 0.1) is 6.61 Å². The highest BCUT2D eigenvalue weighted by atomic mass is 16.5. The van der Waals surface area contributed by atoms with Crippen LogP contribution in [0.3, 0.4) is 0 Å². The third-order valence-electron chi connectivity index (χ3n) is 10.8. The average Bonchev–Trinajstić information content (AvgIpc) is 3.11. The van der Waals surface area contributed by atoms with E-state index in [9.17, 15) is 4.79 Å². The molecule has 0 aromatic rings. The Labute approximate surface area is 316 Å². The Morgan fingerprint density at radius 2 is 0.700 bits per heavy atom. The molecule has 0 heterocycles. The first-order valence-corrected chi connectivity index (χ1v) is 23.5. The highest BCUT2D eigenvalue weighted by molar-refractivity contribution is 5.69. The lowest BCUT2D eigenvalue weighted by Gasteiger charge is -2.06. The molecule has 0 N–H and O–H groups in total. The predicted octanol–water partition coefficient (Wildman–Crippen LogP) is 17.4. The maximum Gasteiger partial charge on any atom is 0.305 e. The largest absolute Gasteiger partial charge is 0.466 e. The van der Waals surface area contributed by atoms with E-state index in [-0.39, 0.29) is 5.97 Å². The van der Waals surface area contributed by atoms with Gasteiger partial charge in [-0.25, -0.2) is 0 Å². The maximum absolute atomic E-state index is 11.9. The van der Waals surface area contributed by atoms with Crippen LogP contribution >= 0.6 is 0 Å². The number of allylic oxidation sites excluding steroid dienone is 2. The highest BCUT2D eigenvalue weighted by Crippen LogP contribution is 2.17. The minimum absolute atomic E-state index is 0.0179. The summed E-state index contributed by atoms with van der Waals surface area (Å²) in [5.74, 6) is 0.907. The van der Waals surface area contributed by atoms with Gasteiger partial charge in [-0.2, -0.15) is 0 Å². The van der Waals surface area contributed by atoms with Crippen molar-refractivity contribution in [3.8, 4) is 0 Å². The lowest BCUT2D eigenvalue weighted by atomic mass is 10.0.